The Morgan fingerprint density at radius 2 is 1.91 bits per heavy atom. The van der Waals surface area contributed by atoms with Gasteiger partial charge in [0.1, 0.15) is 16.8 Å². The van der Waals surface area contributed by atoms with E-state index in [-0.39, 0.29) is 0 Å². The Morgan fingerprint density at radius 1 is 1.05 bits per heavy atom. The molecule has 4 aromatic rings. The van der Waals surface area contributed by atoms with Crippen molar-refractivity contribution >= 4 is 16.3 Å². The molecule has 0 aliphatic rings. The lowest BCUT2D eigenvalue weighted by Gasteiger charge is -1.96. The van der Waals surface area contributed by atoms with E-state index >= 15 is 0 Å². The molecule has 0 saturated carbocycles. The minimum atomic E-state index is 0.416. The first kappa shape index (κ1) is 12.6. The van der Waals surface area contributed by atoms with E-state index in [2.05, 4.69) is 26.1 Å². The second kappa shape index (κ2) is 5.02. The molecule has 0 aliphatic heterocycles. The average Bonchev–Trinajstić information content (AvgIpc) is 3.14. The van der Waals surface area contributed by atoms with Crippen molar-refractivity contribution in [2.45, 2.75) is 0 Å². The molecule has 0 saturated heterocycles. The first-order valence-corrected chi connectivity index (χ1v) is 7.29. The predicted molar refractivity (Wildman–Crippen MR) is 82.0 cm³/mol. The third-order valence-electron chi connectivity index (χ3n) is 3.17. The molecule has 0 N–H and O–H groups in total. The molecule has 0 spiro atoms. The van der Waals surface area contributed by atoms with Gasteiger partial charge >= 0.3 is 0 Å². The van der Waals surface area contributed by atoms with Gasteiger partial charge in [-0.1, -0.05) is 11.3 Å². The van der Waals surface area contributed by atoms with Gasteiger partial charge in [0.25, 0.3) is 0 Å². The van der Waals surface area contributed by atoms with Gasteiger partial charge in [-0.25, -0.2) is 4.98 Å². The van der Waals surface area contributed by atoms with Crippen LogP contribution in [0.2, 0.25) is 0 Å². The lowest BCUT2D eigenvalue weighted by Crippen LogP contribution is -1.91. The third-order valence-corrected chi connectivity index (χ3v) is 4.13. The molecule has 0 unspecified atom stereocenters. The van der Waals surface area contributed by atoms with E-state index in [1.165, 1.54) is 11.3 Å². The smallest absolute Gasteiger partial charge is 0.214 e. The highest BCUT2D eigenvalue weighted by molar-refractivity contribution is 7.19. The van der Waals surface area contributed by atoms with Gasteiger partial charge in [-0.2, -0.15) is 14.9 Å². The van der Waals surface area contributed by atoms with Gasteiger partial charge in [0, 0.05) is 35.9 Å². The summed E-state index contributed by atoms with van der Waals surface area (Å²) in [5.74, 6) is 0. The number of hydrogen-bond acceptors (Lipinski definition) is 6. The molecule has 6 nitrogen and oxygen atoms in total. The number of pyridine rings is 2. The summed E-state index contributed by atoms with van der Waals surface area (Å²) >= 11 is 1.44. The van der Waals surface area contributed by atoms with Crippen molar-refractivity contribution in [1.82, 2.24) is 24.6 Å². The van der Waals surface area contributed by atoms with Crippen LogP contribution in [0.5, 0.6) is 0 Å². The summed E-state index contributed by atoms with van der Waals surface area (Å²) in [5.41, 5.74) is 2.79. The van der Waals surface area contributed by atoms with Crippen LogP contribution in [0.25, 0.3) is 26.8 Å². The van der Waals surface area contributed by atoms with Gasteiger partial charge in [0.15, 0.2) is 5.69 Å². The third kappa shape index (κ3) is 1.94. The van der Waals surface area contributed by atoms with E-state index in [9.17, 15) is 5.26 Å². The SMILES string of the molecule is N#Cc1c(-c2cccnc2)nc2sc(-c3ccncc3)nn12. The summed E-state index contributed by atoms with van der Waals surface area (Å²) in [5, 5.41) is 14.8. The van der Waals surface area contributed by atoms with Crippen LogP contribution in [0.1, 0.15) is 5.69 Å². The van der Waals surface area contributed by atoms with Crippen LogP contribution in [0.4, 0.5) is 0 Å². The first-order chi connectivity index (χ1) is 10.9. The topological polar surface area (TPSA) is 79.8 Å². The highest BCUT2D eigenvalue weighted by Gasteiger charge is 2.18. The van der Waals surface area contributed by atoms with Crippen molar-refractivity contribution in [3.8, 4) is 27.9 Å². The van der Waals surface area contributed by atoms with Crippen LogP contribution < -0.4 is 0 Å². The number of nitrogens with zero attached hydrogens (tertiary/aromatic N) is 6. The highest BCUT2D eigenvalue weighted by atomic mass is 32.1. The van der Waals surface area contributed by atoms with Crippen LogP contribution in [-0.2, 0) is 0 Å². The second-order valence-corrected chi connectivity index (χ2v) is 5.46. The number of rotatable bonds is 2. The van der Waals surface area contributed by atoms with Crippen LogP contribution in [0.15, 0.2) is 49.1 Å². The zero-order valence-corrected chi connectivity index (χ0v) is 12.0. The zero-order valence-electron chi connectivity index (χ0n) is 11.2. The van der Waals surface area contributed by atoms with Gasteiger partial charge in [0.2, 0.25) is 4.96 Å². The molecule has 0 aromatic carbocycles. The fourth-order valence-corrected chi connectivity index (χ4v) is 3.07. The Morgan fingerprint density at radius 3 is 2.64 bits per heavy atom. The Labute approximate surface area is 129 Å². The van der Waals surface area contributed by atoms with Crippen LogP contribution in [-0.4, -0.2) is 24.6 Å². The molecule has 4 aromatic heterocycles. The van der Waals surface area contributed by atoms with Crippen molar-refractivity contribution in [1.29, 1.82) is 5.26 Å². The minimum Gasteiger partial charge on any atom is -0.265 e. The van der Waals surface area contributed by atoms with Crippen molar-refractivity contribution in [3.05, 3.63) is 54.7 Å². The average molecular weight is 304 g/mol. The van der Waals surface area contributed by atoms with Gasteiger partial charge in [0.05, 0.1) is 0 Å². The fraction of sp³-hybridized carbons (Fsp3) is 0. The molecular formula is C15H8N6S. The van der Waals surface area contributed by atoms with Gasteiger partial charge in [-0.3, -0.25) is 9.97 Å². The Kier molecular flexibility index (Phi) is 2.88. The van der Waals surface area contributed by atoms with E-state index in [4.69, 9.17) is 0 Å². The van der Waals surface area contributed by atoms with Crippen molar-refractivity contribution in [2.75, 3.05) is 0 Å². The Bertz CT molecular complexity index is 981. The molecule has 4 heterocycles. The van der Waals surface area contributed by atoms with Gasteiger partial charge in [-0.15, -0.1) is 0 Å². The summed E-state index contributed by atoms with van der Waals surface area (Å²) in [6.45, 7) is 0. The number of aromatic nitrogens is 5. The standard InChI is InChI=1S/C15H8N6S/c16-8-12-13(11-2-1-5-18-9-11)19-15-21(12)20-14(22-15)10-3-6-17-7-4-10/h1-7,9H. The second-order valence-electron chi connectivity index (χ2n) is 4.50. The number of imidazole rings is 1. The molecule has 0 radical (unpaired) electrons. The lowest BCUT2D eigenvalue weighted by atomic mass is 10.2. The highest BCUT2D eigenvalue weighted by Crippen LogP contribution is 2.30. The summed E-state index contributed by atoms with van der Waals surface area (Å²) in [4.78, 5) is 13.3. The van der Waals surface area contributed by atoms with E-state index in [0.717, 1.165) is 16.1 Å². The molecule has 104 valence electrons. The maximum atomic E-state index is 9.47. The van der Waals surface area contributed by atoms with Gasteiger partial charge in [-0.05, 0) is 24.3 Å². The molecule has 0 atom stereocenters. The summed E-state index contributed by atoms with van der Waals surface area (Å²) in [6, 6.07) is 9.65. The molecule has 22 heavy (non-hydrogen) atoms. The number of fused-ring (bicyclic) bond motifs is 1. The van der Waals surface area contributed by atoms with Crippen LogP contribution >= 0.6 is 11.3 Å². The Hall–Kier alpha value is -3.11. The number of nitriles is 1. The lowest BCUT2D eigenvalue weighted by molar-refractivity contribution is 0.960. The summed E-state index contributed by atoms with van der Waals surface area (Å²) in [6.07, 6.45) is 6.81. The van der Waals surface area contributed by atoms with E-state index in [1.54, 1.807) is 29.3 Å². The molecule has 0 bridgehead atoms. The van der Waals surface area contributed by atoms with E-state index in [0.29, 0.717) is 16.3 Å². The van der Waals surface area contributed by atoms with Crippen LogP contribution in [0, 0.1) is 11.3 Å². The summed E-state index contributed by atoms with van der Waals surface area (Å²) < 4.78 is 1.59. The fourth-order valence-electron chi connectivity index (χ4n) is 2.16. The largest absolute Gasteiger partial charge is 0.265 e. The van der Waals surface area contributed by atoms with Crippen LogP contribution in [0.3, 0.4) is 0 Å². The molecule has 0 aliphatic carbocycles. The maximum absolute atomic E-state index is 9.47. The minimum absolute atomic E-state index is 0.416. The molecule has 0 amide bonds. The molecule has 4 rings (SSSR count). The maximum Gasteiger partial charge on any atom is 0.214 e. The van der Waals surface area contributed by atoms with E-state index < -0.39 is 0 Å². The molecule has 0 fully saturated rings. The monoisotopic (exact) mass is 304 g/mol. The predicted octanol–water partition coefficient (Wildman–Crippen LogP) is 2.79. The summed E-state index contributed by atoms with van der Waals surface area (Å²) in [7, 11) is 0. The normalized spacial score (nSPS) is 10.7. The Balaban J connectivity index is 1.90. The van der Waals surface area contributed by atoms with Crippen molar-refractivity contribution in [3.63, 3.8) is 0 Å². The van der Waals surface area contributed by atoms with Crippen molar-refractivity contribution in [2.24, 2.45) is 0 Å². The van der Waals surface area contributed by atoms with Crippen molar-refractivity contribution < 1.29 is 0 Å². The van der Waals surface area contributed by atoms with Gasteiger partial charge < -0.3 is 0 Å². The zero-order chi connectivity index (χ0) is 14.9. The molecular weight excluding hydrogens is 296 g/mol. The quantitative estimate of drug-likeness (QED) is 0.569. The molecule has 7 heteroatoms. The number of hydrogen-bond donors (Lipinski definition) is 0. The first-order valence-electron chi connectivity index (χ1n) is 6.47. The van der Waals surface area contributed by atoms with E-state index in [1.807, 2.05) is 24.3 Å².